The fourth-order valence-corrected chi connectivity index (χ4v) is 4.98. The van der Waals surface area contributed by atoms with Crippen molar-refractivity contribution in [2.45, 2.75) is 19.0 Å². The van der Waals surface area contributed by atoms with Gasteiger partial charge in [-0.2, -0.15) is 0 Å². The van der Waals surface area contributed by atoms with Gasteiger partial charge in [-0.05, 0) is 29.3 Å². The second kappa shape index (κ2) is 10.8. The van der Waals surface area contributed by atoms with Gasteiger partial charge in [0.1, 0.15) is 6.04 Å². The standard InChI is InChI=1S/C24H30N8O3S/c1-27-24(35)30(2)32-11-10-31(13-16-4-3-5-19-21(16)29-23(26)36-19)22(34)18(28-20(33)14-32)12-15-6-8-17(25)9-7-15/h3-9,18H,10-14,25H2,1-2H3,(H2,26,29)(H,27,35)(H,28,33)/t18-/m0/s1. The second-order valence-corrected chi connectivity index (χ2v) is 9.67. The van der Waals surface area contributed by atoms with Gasteiger partial charge in [0.2, 0.25) is 11.8 Å². The first-order valence-corrected chi connectivity index (χ1v) is 12.3. The monoisotopic (exact) mass is 510 g/mol. The van der Waals surface area contributed by atoms with E-state index in [1.54, 1.807) is 29.1 Å². The number of carbonyl (C=O) groups excluding carboxylic acids is 3. The summed E-state index contributed by atoms with van der Waals surface area (Å²) in [5, 5.41) is 8.86. The molecule has 2 heterocycles. The van der Waals surface area contributed by atoms with Gasteiger partial charge in [-0.15, -0.1) is 0 Å². The summed E-state index contributed by atoms with van der Waals surface area (Å²) in [4.78, 5) is 45.1. The summed E-state index contributed by atoms with van der Waals surface area (Å²) < 4.78 is 0.939. The number of nitrogens with zero attached hydrogens (tertiary/aromatic N) is 4. The number of para-hydroxylation sites is 1. The molecular weight excluding hydrogens is 480 g/mol. The topological polar surface area (TPSA) is 150 Å². The molecule has 36 heavy (non-hydrogen) atoms. The third kappa shape index (κ3) is 5.66. The number of hydrogen-bond acceptors (Lipinski definition) is 8. The largest absolute Gasteiger partial charge is 0.399 e. The predicted molar refractivity (Wildman–Crippen MR) is 140 cm³/mol. The molecule has 1 atom stereocenters. The highest BCUT2D eigenvalue weighted by molar-refractivity contribution is 7.22. The molecule has 6 N–H and O–H groups in total. The SMILES string of the molecule is CNC(=O)N(C)N1CCN(Cc2cccc3sc(N)nc23)C(=O)[C@H](Cc2ccc(N)cc2)NC(=O)C1. The van der Waals surface area contributed by atoms with Gasteiger partial charge in [-0.3, -0.25) is 14.6 Å². The Morgan fingerprint density at radius 2 is 1.94 bits per heavy atom. The van der Waals surface area contributed by atoms with Crippen LogP contribution in [0.25, 0.3) is 10.2 Å². The van der Waals surface area contributed by atoms with Crippen LogP contribution in [0.4, 0.5) is 15.6 Å². The van der Waals surface area contributed by atoms with Crippen molar-refractivity contribution in [3.63, 3.8) is 0 Å². The first-order valence-electron chi connectivity index (χ1n) is 11.5. The molecule has 11 nitrogen and oxygen atoms in total. The number of hydrogen-bond donors (Lipinski definition) is 4. The highest BCUT2D eigenvalue weighted by Crippen LogP contribution is 2.27. The maximum atomic E-state index is 13.8. The molecule has 4 rings (SSSR count). The van der Waals surface area contributed by atoms with Crippen LogP contribution in [0, 0.1) is 0 Å². The van der Waals surface area contributed by atoms with E-state index in [4.69, 9.17) is 11.5 Å². The minimum absolute atomic E-state index is 0.0680. The smallest absolute Gasteiger partial charge is 0.331 e. The van der Waals surface area contributed by atoms with Crippen molar-refractivity contribution < 1.29 is 14.4 Å². The Bertz CT molecular complexity index is 1260. The molecule has 2 aromatic carbocycles. The number of nitrogen functional groups attached to an aromatic ring is 2. The summed E-state index contributed by atoms with van der Waals surface area (Å²) in [6.07, 6.45) is 0.306. The number of hydrazine groups is 1. The summed E-state index contributed by atoms with van der Waals surface area (Å²) in [5.74, 6) is -0.569. The van der Waals surface area contributed by atoms with E-state index in [-0.39, 0.29) is 37.5 Å². The fourth-order valence-electron chi connectivity index (χ4n) is 4.20. The molecular formula is C24H30N8O3S. The van der Waals surface area contributed by atoms with Crippen LogP contribution in [0.2, 0.25) is 0 Å². The Morgan fingerprint density at radius 3 is 2.67 bits per heavy atom. The molecule has 4 amide bonds. The quantitative estimate of drug-likeness (QED) is 0.374. The normalized spacial score (nSPS) is 17.3. The van der Waals surface area contributed by atoms with Gasteiger partial charge in [0, 0.05) is 45.8 Å². The van der Waals surface area contributed by atoms with E-state index in [9.17, 15) is 14.4 Å². The zero-order chi connectivity index (χ0) is 25.8. The van der Waals surface area contributed by atoms with Crippen LogP contribution in [0.1, 0.15) is 11.1 Å². The van der Waals surface area contributed by atoms with Crippen LogP contribution in [0.5, 0.6) is 0 Å². The third-order valence-electron chi connectivity index (χ3n) is 6.13. The molecule has 1 saturated heterocycles. The third-order valence-corrected chi connectivity index (χ3v) is 6.98. The van der Waals surface area contributed by atoms with Crippen LogP contribution in [-0.2, 0) is 22.6 Å². The van der Waals surface area contributed by atoms with Crippen molar-refractivity contribution in [3.8, 4) is 0 Å². The van der Waals surface area contributed by atoms with E-state index in [0.717, 1.165) is 21.3 Å². The van der Waals surface area contributed by atoms with Gasteiger partial charge in [0.25, 0.3) is 0 Å². The van der Waals surface area contributed by atoms with Crippen LogP contribution in [0.3, 0.4) is 0 Å². The van der Waals surface area contributed by atoms with E-state index < -0.39 is 6.04 Å². The maximum absolute atomic E-state index is 13.8. The molecule has 1 fully saturated rings. The summed E-state index contributed by atoms with van der Waals surface area (Å²) in [7, 11) is 3.11. The average molecular weight is 511 g/mol. The Balaban J connectivity index is 1.66. The number of urea groups is 1. The highest BCUT2D eigenvalue weighted by atomic mass is 32.1. The number of carbonyl (C=O) groups is 3. The molecule has 0 radical (unpaired) electrons. The lowest BCUT2D eigenvalue weighted by molar-refractivity contribution is -0.136. The van der Waals surface area contributed by atoms with E-state index in [1.807, 2.05) is 30.3 Å². The summed E-state index contributed by atoms with van der Waals surface area (Å²) in [6.45, 7) is 0.794. The van der Waals surface area contributed by atoms with Crippen molar-refractivity contribution in [1.29, 1.82) is 0 Å². The molecule has 1 aromatic heterocycles. The number of anilines is 2. The zero-order valence-corrected chi connectivity index (χ0v) is 21.0. The lowest BCUT2D eigenvalue weighted by atomic mass is 10.0. The minimum Gasteiger partial charge on any atom is -0.399 e. The number of nitrogens with two attached hydrogens (primary N) is 2. The van der Waals surface area contributed by atoms with Gasteiger partial charge in [0.15, 0.2) is 5.13 Å². The van der Waals surface area contributed by atoms with Gasteiger partial charge in [0.05, 0.1) is 16.8 Å². The van der Waals surface area contributed by atoms with Crippen LogP contribution < -0.4 is 22.1 Å². The predicted octanol–water partition coefficient (Wildman–Crippen LogP) is 1.02. The minimum atomic E-state index is -0.786. The lowest BCUT2D eigenvalue weighted by Gasteiger charge is -2.32. The van der Waals surface area contributed by atoms with Crippen molar-refractivity contribution >= 4 is 50.2 Å². The summed E-state index contributed by atoms with van der Waals surface area (Å²) >= 11 is 1.39. The number of thiazole rings is 1. The zero-order valence-electron chi connectivity index (χ0n) is 20.2. The number of rotatable bonds is 5. The number of fused-ring (bicyclic) bond motifs is 1. The summed E-state index contributed by atoms with van der Waals surface area (Å²) in [5.41, 5.74) is 14.8. The molecule has 0 bridgehead atoms. The van der Waals surface area contributed by atoms with Crippen molar-refractivity contribution in [2.75, 3.05) is 45.2 Å². The van der Waals surface area contributed by atoms with Gasteiger partial charge in [-0.25, -0.2) is 14.8 Å². The molecule has 12 heteroatoms. The number of amides is 4. The molecule has 0 spiro atoms. The first-order chi connectivity index (χ1) is 17.2. The fraction of sp³-hybridized carbons (Fsp3) is 0.333. The molecule has 3 aromatic rings. The molecule has 0 aliphatic carbocycles. The molecule has 190 valence electrons. The molecule has 1 aliphatic heterocycles. The van der Waals surface area contributed by atoms with Crippen LogP contribution in [-0.4, -0.2) is 77.5 Å². The number of nitrogens with one attached hydrogen (secondary N) is 2. The van der Waals surface area contributed by atoms with Gasteiger partial charge in [-0.1, -0.05) is 35.6 Å². The van der Waals surface area contributed by atoms with E-state index in [0.29, 0.717) is 23.8 Å². The Hall–Kier alpha value is -3.90. The highest BCUT2D eigenvalue weighted by Gasteiger charge is 2.31. The molecule has 0 saturated carbocycles. The maximum Gasteiger partial charge on any atom is 0.331 e. The Morgan fingerprint density at radius 1 is 1.19 bits per heavy atom. The summed E-state index contributed by atoms with van der Waals surface area (Å²) in [6, 6.07) is 11.8. The number of benzene rings is 2. The van der Waals surface area contributed by atoms with Crippen molar-refractivity contribution in [3.05, 3.63) is 53.6 Å². The number of aromatic nitrogens is 1. The van der Waals surface area contributed by atoms with Crippen molar-refractivity contribution in [1.82, 2.24) is 30.5 Å². The Kier molecular flexibility index (Phi) is 7.55. The van der Waals surface area contributed by atoms with Gasteiger partial charge < -0.3 is 27.0 Å². The lowest BCUT2D eigenvalue weighted by Crippen LogP contribution is -2.52. The van der Waals surface area contributed by atoms with E-state index in [1.165, 1.54) is 23.4 Å². The van der Waals surface area contributed by atoms with E-state index in [2.05, 4.69) is 15.6 Å². The first kappa shape index (κ1) is 25.2. The van der Waals surface area contributed by atoms with Crippen LogP contribution in [0.15, 0.2) is 42.5 Å². The van der Waals surface area contributed by atoms with Gasteiger partial charge >= 0.3 is 6.03 Å². The average Bonchev–Trinajstić information content (AvgIpc) is 3.27. The Labute approximate surface area is 213 Å². The second-order valence-electron chi connectivity index (χ2n) is 8.61. The van der Waals surface area contributed by atoms with Crippen molar-refractivity contribution in [2.24, 2.45) is 0 Å². The molecule has 0 unspecified atom stereocenters. The van der Waals surface area contributed by atoms with E-state index >= 15 is 0 Å². The molecule has 1 aliphatic rings. The van der Waals surface area contributed by atoms with Crippen LogP contribution >= 0.6 is 11.3 Å².